The molecule has 8 heteroatoms. The van der Waals surface area contributed by atoms with Crippen LogP contribution in [-0.2, 0) is 22.4 Å². The van der Waals surface area contributed by atoms with Gasteiger partial charge in [0.1, 0.15) is 0 Å². The number of sulfonamides is 1. The number of aromatic amines is 1. The summed E-state index contributed by atoms with van der Waals surface area (Å²) in [5.74, 6) is 0.257. The molecule has 0 saturated heterocycles. The molecule has 0 atom stereocenters. The van der Waals surface area contributed by atoms with E-state index in [9.17, 15) is 8.42 Å². The molecule has 0 spiro atoms. The fourth-order valence-corrected chi connectivity index (χ4v) is 3.81. The molecule has 0 bridgehead atoms. The molecular weight excluding hydrogens is 306 g/mol. The fraction of sp³-hybridized carbons (Fsp3) is 0.364. The molecular formula is C11H14ClN3O2S2. The Kier molecular flexibility index (Phi) is 4.29. The van der Waals surface area contributed by atoms with E-state index in [1.54, 1.807) is 18.6 Å². The molecule has 2 aromatic rings. The highest BCUT2D eigenvalue weighted by atomic mass is 35.5. The second kappa shape index (κ2) is 5.62. The number of alkyl halides is 1. The highest BCUT2D eigenvalue weighted by molar-refractivity contribution is 7.89. The maximum absolute atomic E-state index is 12.3. The van der Waals surface area contributed by atoms with Gasteiger partial charge in [-0.3, -0.25) is 0 Å². The standard InChI is InChI=1S/C11H14ClN3O2S2/c1-8-11(18-7-14-8)6-15(2)19(16,17)10-3-9(4-12)13-5-10/h3,5,7,13H,4,6H2,1-2H3. The summed E-state index contributed by atoms with van der Waals surface area (Å²) in [6, 6.07) is 1.55. The van der Waals surface area contributed by atoms with Crippen LogP contribution in [0.5, 0.6) is 0 Å². The Morgan fingerprint density at radius 2 is 2.26 bits per heavy atom. The van der Waals surface area contributed by atoms with Gasteiger partial charge in [-0.25, -0.2) is 13.4 Å². The number of halogens is 1. The number of aryl methyl sites for hydroxylation is 1. The first-order valence-corrected chi connectivity index (χ1v) is 8.39. The van der Waals surface area contributed by atoms with Gasteiger partial charge in [0.05, 0.1) is 22.0 Å². The quantitative estimate of drug-likeness (QED) is 0.860. The smallest absolute Gasteiger partial charge is 0.244 e. The first-order chi connectivity index (χ1) is 8.95. The average molecular weight is 320 g/mol. The molecule has 0 aliphatic rings. The number of H-pyrrole nitrogens is 1. The van der Waals surface area contributed by atoms with E-state index in [0.29, 0.717) is 12.2 Å². The molecule has 104 valence electrons. The summed E-state index contributed by atoms with van der Waals surface area (Å²) in [5, 5.41) is 0. The zero-order valence-electron chi connectivity index (χ0n) is 10.6. The molecule has 0 radical (unpaired) electrons. The SMILES string of the molecule is Cc1ncsc1CN(C)S(=O)(=O)c1c[nH]c(CCl)c1. The monoisotopic (exact) mass is 319 g/mol. The highest BCUT2D eigenvalue weighted by Gasteiger charge is 2.23. The number of rotatable bonds is 5. The Bertz CT molecular complexity index is 663. The molecule has 1 N–H and O–H groups in total. The summed E-state index contributed by atoms with van der Waals surface area (Å²) in [4.78, 5) is 8.13. The van der Waals surface area contributed by atoms with Crippen molar-refractivity contribution in [1.82, 2.24) is 14.3 Å². The van der Waals surface area contributed by atoms with E-state index in [4.69, 9.17) is 11.6 Å². The number of hydrogen-bond acceptors (Lipinski definition) is 4. The van der Waals surface area contributed by atoms with Crippen molar-refractivity contribution in [2.24, 2.45) is 0 Å². The lowest BCUT2D eigenvalue weighted by atomic mass is 10.4. The van der Waals surface area contributed by atoms with Gasteiger partial charge in [0, 0.05) is 30.4 Å². The van der Waals surface area contributed by atoms with Crippen molar-refractivity contribution in [3.05, 3.63) is 34.0 Å². The van der Waals surface area contributed by atoms with Crippen molar-refractivity contribution in [2.75, 3.05) is 7.05 Å². The molecule has 19 heavy (non-hydrogen) atoms. The molecule has 0 aliphatic carbocycles. The summed E-state index contributed by atoms with van der Waals surface area (Å²) in [5.41, 5.74) is 3.26. The van der Waals surface area contributed by atoms with Gasteiger partial charge in [0.25, 0.3) is 0 Å². The van der Waals surface area contributed by atoms with Gasteiger partial charge < -0.3 is 4.98 Å². The van der Waals surface area contributed by atoms with Gasteiger partial charge in [-0.15, -0.1) is 22.9 Å². The van der Waals surface area contributed by atoms with Gasteiger partial charge in [-0.2, -0.15) is 4.31 Å². The summed E-state index contributed by atoms with van der Waals surface area (Å²) < 4.78 is 26.0. The van der Waals surface area contributed by atoms with Crippen LogP contribution >= 0.6 is 22.9 Å². The molecule has 2 aromatic heterocycles. The minimum atomic E-state index is -3.50. The van der Waals surface area contributed by atoms with Gasteiger partial charge in [-0.1, -0.05) is 0 Å². The maximum atomic E-state index is 12.3. The van der Waals surface area contributed by atoms with Crippen molar-refractivity contribution in [3.8, 4) is 0 Å². The van der Waals surface area contributed by atoms with E-state index >= 15 is 0 Å². The summed E-state index contributed by atoms with van der Waals surface area (Å²) in [6.07, 6.45) is 1.46. The van der Waals surface area contributed by atoms with E-state index in [-0.39, 0.29) is 10.8 Å². The zero-order chi connectivity index (χ0) is 14.0. The number of hydrogen-bond donors (Lipinski definition) is 1. The lowest BCUT2D eigenvalue weighted by molar-refractivity contribution is 0.469. The predicted octanol–water partition coefficient (Wildman–Crippen LogP) is 2.34. The second-order valence-electron chi connectivity index (χ2n) is 4.12. The lowest BCUT2D eigenvalue weighted by Crippen LogP contribution is -2.26. The minimum absolute atomic E-state index is 0.229. The van der Waals surface area contributed by atoms with Crippen molar-refractivity contribution < 1.29 is 8.42 Å². The topological polar surface area (TPSA) is 66.1 Å². The molecule has 0 fully saturated rings. The molecule has 5 nitrogen and oxygen atoms in total. The molecule has 0 saturated carbocycles. The van der Waals surface area contributed by atoms with Crippen molar-refractivity contribution in [3.63, 3.8) is 0 Å². The van der Waals surface area contributed by atoms with E-state index in [1.807, 2.05) is 6.92 Å². The largest absolute Gasteiger partial charge is 0.363 e. The third-order valence-corrected chi connectivity index (χ3v) is 5.77. The van der Waals surface area contributed by atoms with Crippen LogP contribution in [0.2, 0.25) is 0 Å². The van der Waals surface area contributed by atoms with Crippen LogP contribution in [-0.4, -0.2) is 29.7 Å². The Labute approximate surface area is 121 Å². The van der Waals surface area contributed by atoms with Crippen LogP contribution in [0.4, 0.5) is 0 Å². The van der Waals surface area contributed by atoms with Crippen LogP contribution in [0.15, 0.2) is 22.7 Å². The molecule has 0 aliphatic heterocycles. The predicted molar refractivity (Wildman–Crippen MR) is 75.9 cm³/mol. The van der Waals surface area contributed by atoms with Gasteiger partial charge in [-0.05, 0) is 13.0 Å². The van der Waals surface area contributed by atoms with Crippen LogP contribution in [0, 0.1) is 6.92 Å². The zero-order valence-corrected chi connectivity index (χ0v) is 12.9. The normalized spacial score (nSPS) is 12.2. The summed E-state index contributed by atoms with van der Waals surface area (Å²) in [6.45, 7) is 2.19. The number of nitrogens with zero attached hydrogens (tertiary/aromatic N) is 2. The number of thiazole rings is 1. The average Bonchev–Trinajstić information content (AvgIpc) is 2.99. The molecule has 0 unspecified atom stereocenters. The third-order valence-electron chi connectivity index (χ3n) is 2.78. The van der Waals surface area contributed by atoms with Crippen LogP contribution in [0.1, 0.15) is 16.3 Å². The Morgan fingerprint density at radius 3 is 2.79 bits per heavy atom. The van der Waals surface area contributed by atoms with Gasteiger partial charge in [0.2, 0.25) is 10.0 Å². The molecule has 0 amide bonds. The lowest BCUT2D eigenvalue weighted by Gasteiger charge is -2.15. The Balaban J connectivity index is 2.22. The van der Waals surface area contributed by atoms with Crippen molar-refractivity contribution >= 4 is 33.0 Å². The van der Waals surface area contributed by atoms with Crippen LogP contribution < -0.4 is 0 Å². The second-order valence-corrected chi connectivity index (χ2v) is 7.37. The summed E-state index contributed by atoms with van der Waals surface area (Å²) >= 11 is 7.11. The highest BCUT2D eigenvalue weighted by Crippen LogP contribution is 2.21. The Hall–Kier alpha value is -0.890. The Morgan fingerprint density at radius 1 is 1.53 bits per heavy atom. The van der Waals surface area contributed by atoms with Gasteiger partial charge >= 0.3 is 0 Å². The third kappa shape index (κ3) is 3.00. The molecule has 0 aromatic carbocycles. The minimum Gasteiger partial charge on any atom is -0.363 e. The van der Waals surface area contributed by atoms with E-state index in [0.717, 1.165) is 10.6 Å². The molecule has 2 heterocycles. The van der Waals surface area contributed by atoms with Crippen molar-refractivity contribution in [2.45, 2.75) is 24.2 Å². The number of aromatic nitrogens is 2. The number of nitrogens with one attached hydrogen (secondary N) is 1. The van der Waals surface area contributed by atoms with E-state index in [1.165, 1.54) is 21.8 Å². The van der Waals surface area contributed by atoms with Gasteiger partial charge in [0.15, 0.2) is 0 Å². The fourth-order valence-electron chi connectivity index (χ4n) is 1.59. The van der Waals surface area contributed by atoms with Crippen LogP contribution in [0.3, 0.4) is 0 Å². The summed E-state index contributed by atoms with van der Waals surface area (Å²) in [7, 11) is -1.94. The maximum Gasteiger partial charge on any atom is 0.244 e. The molecule has 2 rings (SSSR count). The first kappa shape index (κ1) is 14.5. The van der Waals surface area contributed by atoms with Crippen LogP contribution in [0.25, 0.3) is 0 Å². The van der Waals surface area contributed by atoms with E-state index in [2.05, 4.69) is 9.97 Å². The first-order valence-electron chi connectivity index (χ1n) is 5.53. The van der Waals surface area contributed by atoms with E-state index < -0.39 is 10.0 Å². The van der Waals surface area contributed by atoms with Crippen molar-refractivity contribution in [1.29, 1.82) is 0 Å².